The van der Waals surface area contributed by atoms with Gasteiger partial charge in [0.1, 0.15) is 0 Å². The van der Waals surface area contributed by atoms with Crippen molar-refractivity contribution in [3.05, 3.63) is 48.5 Å². The predicted octanol–water partition coefficient (Wildman–Crippen LogP) is 3.64. The lowest BCUT2D eigenvalue weighted by molar-refractivity contribution is 0.315. The lowest BCUT2D eigenvalue weighted by atomic mass is 9.94. The quantitative estimate of drug-likeness (QED) is 0.680. The van der Waals surface area contributed by atoms with Gasteiger partial charge in [0.05, 0.1) is 12.0 Å². The first kappa shape index (κ1) is 14.2. The summed E-state index contributed by atoms with van der Waals surface area (Å²) >= 11 is 1.73. The average molecular weight is 300 g/mol. The van der Waals surface area contributed by atoms with Crippen molar-refractivity contribution < 1.29 is 0 Å². The molecule has 1 aliphatic heterocycles. The van der Waals surface area contributed by atoms with Gasteiger partial charge in [0.2, 0.25) is 0 Å². The van der Waals surface area contributed by atoms with Crippen LogP contribution in [0.4, 0.5) is 5.69 Å². The number of aromatic nitrogens is 2. The number of H-pyrrole nitrogens is 1. The number of nitrogens with zero attached hydrogens (tertiary/aromatic N) is 3. The van der Waals surface area contributed by atoms with Crippen molar-refractivity contribution in [1.82, 2.24) is 14.9 Å². The summed E-state index contributed by atoms with van der Waals surface area (Å²) in [6, 6.07) is 10.2. The van der Waals surface area contributed by atoms with E-state index in [2.05, 4.69) is 21.1 Å². The summed E-state index contributed by atoms with van der Waals surface area (Å²) in [4.78, 5) is 14.5. The number of hydrogen-bond donors (Lipinski definition) is 1. The number of hydrogen-bond acceptors (Lipinski definition) is 3. The van der Waals surface area contributed by atoms with E-state index in [9.17, 15) is 0 Å². The number of amidine groups is 1. The van der Waals surface area contributed by atoms with Crippen LogP contribution in [-0.4, -0.2) is 39.4 Å². The fourth-order valence-electron chi connectivity index (χ4n) is 2.73. The highest BCUT2D eigenvalue weighted by molar-refractivity contribution is 8.13. The zero-order chi connectivity index (χ0) is 14.5. The first-order valence-electron chi connectivity index (χ1n) is 7.28. The molecule has 0 bridgehead atoms. The van der Waals surface area contributed by atoms with Crippen molar-refractivity contribution >= 4 is 22.6 Å². The molecular formula is C16H20N4S. The van der Waals surface area contributed by atoms with Gasteiger partial charge in [-0.15, -0.1) is 0 Å². The topological polar surface area (TPSA) is 44.3 Å². The summed E-state index contributed by atoms with van der Waals surface area (Å²) in [6.07, 6.45) is 8.12. The van der Waals surface area contributed by atoms with Gasteiger partial charge in [0, 0.05) is 30.9 Å². The fourth-order valence-corrected chi connectivity index (χ4v) is 3.37. The Labute approximate surface area is 129 Å². The molecule has 0 radical (unpaired) electrons. The number of benzene rings is 1. The van der Waals surface area contributed by atoms with Crippen molar-refractivity contribution in [3.63, 3.8) is 0 Å². The largest absolute Gasteiger partial charge is 0.351 e. The number of aliphatic imine (C=N–C) groups is 1. The third kappa shape index (κ3) is 3.47. The molecule has 3 rings (SSSR count). The molecule has 0 unspecified atom stereocenters. The molecular weight excluding hydrogens is 280 g/mol. The predicted molar refractivity (Wildman–Crippen MR) is 89.2 cm³/mol. The van der Waals surface area contributed by atoms with Crippen LogP contribution in [-0.2, 0) is 0 Å². The molecule has 0 aliphatic carbocycles. The summed E-state index contributed by atoms with van der Waals surface area (Å²) < 4.78 is 0. The first-order valence-corrected chi connectivity index (χ1v) is 8.50. The summed E-state index contributed by atoms with van der Waals surface area (Å²) in [5, 5.41) is 1.12. The summed E-state index contributed by atoms with van der Waals surface area (Å²) in [7, 11) is 0. The molecule has 0 spiro atoms. The van der Waals surface area contributed by atoms with Gasteiger partial charge >= 0.3 is 0 Å². The highest BCUT2D eigenvalue weighted by Crippen LogP contribution is 2.28. The molecule has 4 nitrogen and oxygen atoms in total. The van der Waals surface area contributed by atoms with E-state index in [0.29, 0.717) is 5.92 Å². The van der Waals surface area contributed by atoms with E-state index >= 15 is 0 Å². The first-order chi connectivity index (χ1) is 10.4. The highest BCUT2D eigenvalue weighted by atomic mass is 32.2. The van der Waals surface area contributed by atoms with E-state index < -0.39 is 0 Å². The summed E-state index contributed by atoms with van der Waals surface area (Å²) in [5.74, 6) is 0.601. The maximum Gasteiger partial charge on any atom is 0.164 e. The molecule has 1 N–H and O–H groups in total. The smallest absolute Gasteiger partial charge is 0.164 e. The molecule has 0 amide bonds. The number of nitrogens with one attached hydrogen (secondary N) is 1. The van der Waals surface area contributed by atoms with E-state index in [0.717, 1.165) is 36.8 Å². The zero-order valence-electron chi connectivity index (χ0n) is 12.2. The number of para-hydroxylation sites is 1. The molecule has 1 saturated heterocycles. The van der Waals surface area contributed by atoms with Gasteiger partial charge in [0.25, 0.3) is 0 Å². The van der Waals surface area contributed by atoms with Crippen LogP contribution in [0.15, 0.2) is 47.8 Å². The average Bonchev–Trinajstić information content (AvgIpc) is 3.08. The molecule has 2 aromatic rings. The van der Waals surface area contributed by atoms with E-state index in [1.165, 1.54) is 5.69 Å². The molecule has 2 heterocycles. The zero-order valence-corrected chi connectivity index (χ0v) is 13.0. The Morgan fingerprint density at radius 1 is 1.29 bits per heavy atom. The number of rotatable bonds is 2. The lowest BCUT2D eigenvalue weighted by Crippen LogP contribution is -2.36. The SMILES string of the molecule is CSC(=Nc1ccccc1)N1CCC(c2cnc[nH]2)CC1. The number of piperidine rings is 1. The minimum atomic E-state index is 0.601. The summed E-state index contributed by atoms with van der Waals surface area (Å²) in [5.41, 5.74) is 2.29. The maximum absolute atomic E-state index is 4.77. The third-order valence-corrected chi connectivity index (χ3v) is 4.60. The summed E-state index contributed by atoms with van der Waals surface area (Å²) in [6.45, 7) is 2.10. The number of aromatic amines is 1. The van der Waals surface area contributed by atoms with Crippen LogP contribution >= 0.6 is 11.8 Å². The van der Waals surface area contributed by atoms with Gasteiger partial charge in [0.15, 0.2) is 5.17 Å². The van der Waals surface area contributed by atoms with E-state index in [-0.39, 0.29) is 0 Å². The molecule has 110 valence electrons. The van der Waals surface area contributed by atoms with E-state index in [1.54, 1.807) is 18.1 Å². The third-order valence-electron chi connectivity index (χ3n) is 3.89. The van der Waals surface area contributed by atoms with E-state index in [1.807, 2.05) is 36.5 Å². The number of imidazole rings is 1. The van der Waals surface area contributed by atoms with Gasteiger partial charge in [-0.25, -0.2) is 9.98 Å². The molecule has 1 aliphatic rings. The van der Waals surface area contributed by atoms with Gasteiger partial charge in [-0.05, 0) is 31.2 Å². The second-order valence-corrected chi connectivity index (χ2v) is 5.98. The van der Waals surface area contributed by atoms with Crippen LogP contribution in [0.3, 0.4) is 0 Å². The Balaban J connectivity index is 1.66. The van der Waals surface area contributed by atoms with Crippen LogP contribution in [0.1, 0.15) is 24.5 Å². The van der Waals surface area contributed by atoms with Crippen molar-refractivity contribution in [3.8, 4) is 0 Å². The van der Waals surface area contributed by atoms with Crippen LogP contribution in [0.2, 0.25) is 0 Å². The minimum absolute atomic E-state index is 0.601. The minimum Gasteiger partial charge on any atom is -0.351 e. The van der Waals surface area contributed by atoms with Crippen LogP contribution in [0, 0.1) is 0 Å². The van der Waals surface area contributed by atoms with Crippen molar-refractivity contribution in [2.45, 2.75) is 18.8 Å². The Morgan fingerprint density at radius 3 is 2.67 bits per heavy atom. The number of likely N-dealkylation sites (tertiary alicyclic amines) is 1. The molecule has 5 heteroatoms. The second-order valence-electron chi connectivity index (χ2n) is 5.20. The highest BCUT2D eigenvalue weighted by Gasteiger charge is 2.23. The normalized spacial score (nSPS) is 17.2. The molecule has 0 atom stereocenters. The lowest BCUT2D eigenvalue weighted by Gasteiger charge is -2.33. The maximum atomic E-state index is 4.77. The Hall–Kier alpha value is -1.75. The second kappa shape index (κ2) is 6.80. The molecule has 1 aromatic carbocycles. The Morgan fingerprint density at radius 2 is 2.05 bits per heavy atom. The van der Waals surface area contributed by atoms with Crippen molar-refractivity contribution in [2.24, 2.45) is 4.99 Å². The van der Waals surface area contributed by atoms with Crippen molar-refractivity contribution in [1.29, 1.82) is 0 Å². The van der Waals surface area contributed by atoms with Gasteiger partial charge in [-0.2, -0.15) is 0 Å². The molecule has 1 fully saturated rings. The number of thioether (sulfide) groups is 1. The monoisotopic (exact) mass is 300 g/mol. The van der Waals surface area contributed by atoms with Gasteiger partial charge in [-0.1, -0.05) is 30.0 Å². The van der Waals surface area contributed by atoms with Gasteiger partial charge in [-0.3, -0.25) is 0 Å². The fraction of sp³-hybridized carbons (Fsp3) is 0.375. The Bertz CT molecular complexity index is 572. The van der Waals surface area contributed by atoms with Gasteiger partial charge < -0.3 is 9.88 Å². The van der Waals surface area contributed by atoms with Crippen LogP contribution < -0.4 is 0 Å². The van der Waals surface area contributed by atoms with E-state index in [4.69, 9.17) is 4.99 Å². The molecule has 21 heavy (non-hydrogen) atoms. The molecule has 0 saturated carbocycles. The van der Waals surface area contributed by atoms with Crippen LogP contribution in [0.5, 0.6) is 0 Å². The Kier molecular flexibility index (Phi) is 4.60. The molecule has 1 aromatic heterocycles. The van der Waals surface area contributed by atoms with Crippen molar-refractivity contribution in [2.75, 3.05) is 19.3 Å². The standard InChI is InChI=1S/C16H20N4S/c1-21-16(19-14-5-3-2-4-6-14)20-9-7-13(8-10-20)15-11-17-12-18-15/h2-6,11-13H,7-10H2,1H3,(H,17,18). The van der Waals surface area contributed by atoms with Crippen LogP contribution in [0.25, 0.3) is 0 Å².